The van der Waals surface area contributed by atoms with Crippen molar-refractivity contribution >= 4 is 27.5 Å². The lowest BCUT2D eigenvalue weighted by atomic mass is 10.1. The van der Waals surface area contributed by atoms with Crippen LogP contribution in [0.25, 0.3) is 15.2 Å². The molecule has 14 heteroatoms. The maximum absolute atomic E-state index is 14.4. The zero-order valence-electron chi connectivity index (χ0n) is 21.9. The van der Waals surface area contributed by atoms with Crippen molar-refractivity contribution < 1.29 is 28.9 Å². The quantitative estimate of drug-likeness (QED) is 0.297. The number of aliphatic carboxylic acids is 1. The second-order valence-electron chi connectivity index (χ2n) is 9.61. The zero-order valence-corrected chi connectivity index (χ0v) is 22.7. The number of carboxylic acid groups (broad SMARTS) is 1. The molecule has 0 spiro atoms. The highest BCUT2D eigenvalue weighted by Gasteiger charge is 2.29. The summed E-state index contributed by atoms with van der Waals surface area (Å²) in [5.41, 5.74) is -2.23. The molecular formula is C25H28FN5O7S. The normalized spacial score (nSPS) is 13.5. The number of halogens is 1. The van der Waals surface area contributed by atoms with Gasteiger partial charge in [-0.1, -0.05) is 11.3 Å². The molecule has 39 heavy (non-hydrogen) atoms. The van der Waals surface area contributed by atoms with Gasteiger partial charge in [0.1, 0.15) is 33.5 Å². The van der Waals surface area contributed by atoms with Gasteiger partial charge in [0, 0.05) is 11.1 Å². The van der Waals surface area contributed by atoms with Gasteiger partial charge in [0.15, 0.2) is 0 Å². The molecule has 0 unspecified atom stereocenters. The molecule has 3 aromatic heterocycles. The number of aromatic nitrogens is 5. The molecule has 4 rings (SSSR count). The molecule has 1 aromatic carbocycles. The van der Waals surface area contributed by atoms with Gasteiger partial charge < -0.3 is 19.7 Å². The van der Waals surface area contributed by atoms with Crippen molar-refractivity contribution in [3.8, 4) is 10.8 Å². The summed E-state index contributed by atoms with van der Waals surface area (Å²) in [6, 6.07) is 2.34. The average molecular weight is 562 g/mol. The number of carbonyl (C=O) groups is 1. The zero-order chi connectivity index (χ0) is 28.6. The van der Waals surface area contributed by atoms with Crippen LogP contribution in [0.5, 0.6) is 5.75 Å². The standard InChI is InChI=1S/C25H28FN5O7S/c1-13-19-20(32)30(14(2)23(33)34)24(35)29(22(19)39-21(13)31-27-8-9-28-31)11-18(38-12-25(3,4)36)16-10-15(26)6-7-17(16)37-5/h6-10,14,18,36H,11-12H2,1-5H3,(H,33,34)/t14-,18-/m0/s1. The Bertz CT molecular complexity index is 1640. The molecule has 12 nitrogen and oxygen atoms in total. The number of rotatable bonds is 10. The largest absolute Gasteiger partial charge is 0.496 e. The fourth-order valence-corrected chi connectivity index (χ4v) is 5.36. The second-order valence-corrected chi connectivity index (χ2v) is 10.6. The number of benzene rings is 1. The first-order chi connectivity index (χ1) is 18.3. The molecule has 0 saturated heterocycles. The van der Waals surface area contributed by atoms with Gasteiger partial charge in [0.25, 0.3) is 5.56 Å². The molecule has 0 aliphatic carbocycles. The van der Waals surface area contributed by atoms with E-state index < -0.39 is 40.8 Å². The van der Waals surface area contributed by atoms with Crippen LogP contribution in [0.1, 0.15) is 44.0 Å². The average Bonchev–Trinajstić information content (AvgIpc) is 3.51. The third-order valence-corrected chi connectivity index (χ3v) is 7.37. The van der Waals surface area contributed by atoms with Crippen LogP contribution in [0.3, 0.4) is 0 Å². The molecule has 2 atom stereocenters. The van der Waals surface area contributed by atoms with Crippen LogP contribution in [0.2, 0.25) is 0 Å². The molecule has 3 heterocycles. The first-order valence-corrected chi connectivity index (χ1v) is 12.7. The van der Waals surface area contributed by atoms with E-state index in [4.69, 9.17) is 9.47 Å². The lowest BCUT2D eigenvalue weighted by Crippen LogP contribution is -2.44. The molecule has 0 aliphatic heterocycles. The van der Waals surface area contributed by atoms with Gasteiger partial charge in [-0.3, -0.25) is 9.36 Å². The SMILES string of the molecule is COc1ccc(F)cc1[C@H](Cn1c(=O)n([C@@H](C)C(=O)O)c(=O)c2c(C)c(-n3nccn3)sc21)OCC(C)(C)O. The predicted molar refractivity (Wildman–Crippen MR) is 140 cm³/mol. The molecule has 0 aliphatic rings. The van der Waals surface area contributed by atoms with Crippen molar-refractivity contribution in [1.82, 2.24) is 24.1 Å². The molecule has 4 aromatic rings. The first kappa shape index (κ1) is 28.1. The Labute approximate surface area is 225 Å². The van der Waals surface area contributed by atoms with E-state index in [1.54, 1.807) is 6.92 Å². The van der Waals surface area contributed by atoms with E-state index >= 15 is 0 Å². The highest BCUT2D eigenvalue weighted by Crippen LogP contribution is 2.34. The molecular weight excluding hydrogens is 533 g/mol. The number of hydrogen-bond acceptors (Lipinski definition) is 9. The summed E-state index contributed by atoms with van der Waals surface area (Å²) in [5, 5.41) is 28.8. The first-order valence-electron chi connectivity index (χ1n) is 11.9. The van der Waals surface area contributed by atoms with Crippen LogP contribution >= 0.6 is 11.3 Å². The Hall–Kier alpha value is -3.88. The summed E-state index contributed by atoms with van der Waals surface area (Å²) in [6.07, 6.45) is 1.87. The lowest BCUT2D eigenvalue weighted by molar-refractivity contribution is -0.140. The summed E-state index contributed by atoms with van der Waals surface area (Å²) < 4.78 is 27.7. The van der Waals surface area contributed by atoms with E-state index in [2.05, 4.69) is 10.2 Å². The van der Waals surface area contributed by atoms with Crippen LogP contribution in [-0.4, -0.2) is 59.6 Å². The van der Waals surface area contributed by atoms with Gasteiger partial charge in [0.05, 0.1) is 43.6 Å². The number of aliphatic hydroxyl groups is 1. The Balaban J connectivity index is 2.01. The Kier molecular flexibility index (Phi) is 7.73. The van der Waals surface area contributed by atoms with Crippen LogP contribution in [0.4, 0.5) is 4.39 Å². The van der Waals surface area contributed by atoms with Crippen molar-refractivity contribution in [3.63, 3.8) is 0 Å². The van der Waals surface area contributed by atoms with Crippen molar-refractivity contribution in [1.29, 1.82) is 0 Å². The van der Waals surface area contributed by atoms with Crippen LogP contribution < -0.4 is 16.0 Å². The van der Waals surface area contributed by atoms with E-state index in [0.29, 0.717) is 15.1 Å². The molecule has 0 amide bonds. The Morgan fingerprint density at radius 1 is 1.23 bits per heavy atom. The summed E-state index contributed by atoms with van der Waals surface area (Å²) >= 11 is 1.07. The summed E-state index contributed by atoms with van der Waals surface area (Å²) in [5.74, 6) is -1.68. The number of aryl methyl sites for hydroxylation is 1. The lowest BCUT2D eigenvalue weighted by Gasteiger charge is -2.26. The predicted octanol–water partition coefficient (Wildman–Crippen LogP) is 2.44. The van der Waals surface area contributed by atoms with Gasteiger partial charge in [0.2, 0.25) is 0 Å². The molecule has 0 saturated carbocycles. The molecule has 2 N–H and O–H groups in total. The fourth-order valence-electron chi connectivity index (χ4n) is 4.15. The van der Waals surface area contributed by atoms with Gasteiger partial charge in [-0.15, -0.1) is 4.80 Å². The van der Waals surface area contributed by atoms with Crippen LogP contribution in [0.15, 0.2) is 40.2 Å². The number of thiophene rings is 1. The molecule has 208 valence electrons. The number of methoxy groups -OCH3 is 1. The van der Waals surface area contributed by atoms with E-state index in [1.165, 1.54) is 67.8 Å². The van der Waals surface area contributed by atoms with Gasteiger partial charge in [-0.05, 0) is 45.9 Å². The number of fused-ring (bicyclic) bond motifs is 1. The topological polar surface area (TPSA) is 151 Å². The third-order valence-electron chi connectivity index (χ3n) is 6.09. The van der Waals surface area contributed by atoms with Crippen LogP contribution in [0, 0.1) is 12.7 Å². The maximum Gasteiger partial charge on any atom is 0.333 e. The number of ether oxygens (including phenoxy) is 2. The van der Waals surface area contributed by atoms with Gasteiger partial charge in [-0.25, -0.2) is 18.5 Å². The summed E-state index contributed by atoms with van der Waals surface area (Å²) in [4.78, 5) is 40.7. The monoisotopic (exact) mass is 561 g/mol. The highest BCUT2D eigenvalue weighted by atomic mass is 32.1. The summed E-state index contributed by atoms with van der Waals surface area (Å²) in [7, 11) is 1.40. The van der Waals surface area contributed by atoms with Crippen molar-refractivity contribution in [2.24, 2.45) is 0 Å². The highest BCUT2D eigenvalue weighted by molar-refractivity contribution is 7.21. The number of hydrogen-bond donors (Lipinski definition) is 2. The van der Waals surface area contributed by atoms with Crippen LogP contribution in [-0.2, 0) is 16.1 Å². The third kappa shape index (κ3) is 5.48. The minimum atomic E-state index is -1.48. The minimum Gasteiger partial charge on any atom is -0.496 e. The molecule has 0 radical (unpaired) electrons. The van der Waals surface area contributed by atoms with Crippen molar-refractivity contribution in [3.05, 3.63) is 68.4 Å². The Morgan fingerprint density at radius 3 is 2.49 bits per heavy atom. The second kappa shape index (κ2) is 10.7. The van der Waals surface area contributed by atoms with E-state index in [9.17, 15) is 29.0 Å². The van der Waals surface area contributed by atoms with E-state index in [0.717, 1.165) is 11.3 Å². The smallest absolute Gasteiger partial charge is 0.333 e. The summed E-state index contributed by atoms with van der Waals surface area (Å²) in [6.45, 7) is 5.49. The van der Waals surface area contributed by atoms with E-state index in [-0.39, 0.29) is 34.7 Å². The number of carboxylic acids is 1. The molecule has 0 fully saturated rings. The Morgan fingerprint density at radius 2 is 1.90 bits per heavy atom. The number of nitrogens with zero attached hydrogens (tertiary/aromatic N) is 5. The van der Waals surface area contributed by atoms with Crippen molar-refractivity contribution in [2.45, 2.75) is 52.0 Å². The minimum absolute atomic E-state index is 0.118. The van der Waals surface area contributed by atoms with E-state index in [1.807, 2.05) is 0 Å². The maximum atomic E-state index is 14.4. The molecule has 0 bridgehead atoms. The van der Waals surface area contributed by atoms with Gasteiger partial charge >= 0.3 is 11.7 Å². The van der Waals surface area contributed by atoms with Crippen molar-refractivity contribution in [2.75, 3.05) is 13.7 Å². The van der Waals surface area contributed by atoms with Gasteiger partial charge in [-0.2, -0.15) is 10.2 Å². The fraction of sp³-hybridized carbons (Fsp3) is 0.400.